The first kappa shape index (κ1) is 22.3. The fourth-order valence-corrected chi connectivity index (χ4v) is 4.45. The Labute approximate surface area is 182 Å². The standard InChI is InChI=1S/C22H30N4O3S/c1-14(2)16-9-7-8-10-17(16)26-15(3)23-19(24-26)20(27)25-11-12-30-13-18(25)21(28)29-22(4,5)6/h7-10,14,18H,11-13H2,1-6H3. The van der Waals surface area contributed by atoms with E-state index in [1.165, 1.54) is 0 Å². The van der Waals surface area contributed by atoms with Gasteiger partial charge in [-0.05, 0) is 45.2 Å². The van der Waals surface area contributed by atoms with Gasteiger partial charge >= 0.3 is 5.97 Å². The molecule has 2 aromatic rings. The Bertz CT molecular complexity index is 933. The highest BCUT2D eigenvalue weighted by Gasteiger charge is 2.37. The molecule has 1 saturated heterocycles. The van der Waals surface area contributed by atoms with E-state index in [9.17, 15) is 9.59 Å². The Hall–Kier alpha value is -2.35. The van der Waals surface area contributed by atoms with Crippen LogP contribution in [0.5, 0.6) is 0 Å². The van der Waals surface area contributed by atoms with E-state index in [4.69, 9.17) is 4.74 Å². The molecule has 8 heteroatoms. The number of para-hydroxylation sites is 1. The number of ether oxygens (including phenoxy) is 1. The van der Waals surface area contributed by atoms with Gasteiger partial charge in [-0.2, -0.15) is 11.8 Å². The van der Waals surface area contributed by atoms with Crippen molar-refractivity contribution in [2.75, 3.05) is 18.1 Å². The molecule has 0 bridgehead atoms. The summed E-state index contributed by atoms with van der Waals surface area (Å²) in [5, 5.41) is 4.52. The lowest BCUT2D eigenvalue weighted by Gasteiger charge is -2.34. The van der Waals surface area contributed by atoms with Crippen LogP contribution < -0.4 is 0 Å². The molecule has 30 heavy (non-hydrogen) atoms. The Morgan fingerprint density at radius 3 is 2.60 bits per heavy atom. The monoisotopic (exact) mass is 430 g/mol. The van der Waals surface area contributed by atoms with E-state index in [1.54, 1.807) is 21.3 Å². The number of carbonyl (C=O) groups is 2. The topological polar surface area (TPSA) is 77.3 Å². The van der Waals surface area contributed by atoms with Crippen LogP contribution >= 0.6 is 11.8 Å². The zero-order valence-electron chi connectivity index (χ0n) is 18.5. The summed E-state index contributed by atoms with van der Waals surface area (Å²) in [6.45, 7) is 12.0. The van der Waals surface area contributed by atoms with Gasteiger partial charge in [-0.3, -0.25) is 4.79 Å². The molecule has 1 amide bonds. The van der Waals surface area contributed by atoms with Crippen molar-refractivity contribution in [3.8, 4) is 5.69 Å². The molecular weight excluding hydrogens is 400 g/mol. The minimum atomic E-state index is -0.634. The first-order valence-electron chi connectivity index (χ1n) is 10.2. The molecule has 1 atom stereocenters. The highest BCUT2D eigenvalue weighted by molar-refractivity contribution is 7.99. The van der Waals surface area contributed by atoms with Crippen molar-refractivity contribution >= 4 is 23.6 Å². The predicted molar refractivity (Wildman–Crippen MR) is 118 cm³/mol. The van der Waals surface area contributed by atoms with Gasteiger partial charge < -0.3 is 9.64 Å². The molecule has 1 aromatic heterocycles. The Morgan fingerprint density at radius 2 is 1.93 bits per heavy atom. The van der Waals surface area contributed by atoms with E-state index in [0.29, 0.717) is 24.0 Å². The quantitative estimate of drug-likeness (QED) is 0.690. The van der Waals surface area contributed by atoms with E-state index >= 15 is 0 Å². The van der Waals surface area contributed by atoms with Gasteiger partial charge in [0.1, 0.15) is 17.5 Å². The number of esters is 1. The molecule has 1 aromatic carbocycles. The van der Waals surface area contributed by atoms with Crippen LogP contribution in [-0.2, 0) is 9.53 Å². The Balaban J connectivity index is 1.90. The summed E-state index contributed by atoms with van der Waals surface area (Å²) >= 11 is 1.64. The summed E-state index contributed by atoms with van der Waals surface area (Å²) in [7, 11) is 0. The number of rotatable bonds is 4. The van der Waals surface area contributed by atoms with Crippen LogP contribution in [0.4, 0.5) is 0 Å². The van der Waals surface area contributed by atoms with Crippen LogP contribution in [0.3, 0.4) is 0 Å². The summed E-state index contributed by atoms with van der Waals surface area (Å²) in [5.74, 6) is 1.59. The van der Waals surface area contributed by atoms with Crippen molar-refractivity contribution in [2.24, 2.45) is 0 Å². The first-order valence-corrected chi connectivity index (χ1v) is 11.4. The third-order valence-corrected chi connectivity index (χ3v) is 5.84. The number of aryl methyl sites for hydroxylation is 1. The fourth-order valence-electron chi connectivity index (χ4n) is 3.42. The van der Waals surface area contributed by atoms with Crippen LogP contribution in [0.2, 0.25) is 0 Å². The van der Waals surface area contributed by atoms with Crippen LogP contribution in [0.25, 0.3) is 5.69 Å². The van der Waals surface area contributed by atoms with E-state index in [-0.39, 0.29) is 17.7 Å². The SMILES string of the molecule is Cc1nc(C(=O)N2CCSCC2C(=O)OC(C)(C)C)nn1-c1ccccc1C(C)C. The zero-order chi connectivity index (χ0) is 22.1. The molecule has 3 rings (SSSR count). The summed E-state index contributed by atoms with van der Waals surface area (Å²) in [4.78, 5) is 32.0. The lowest BCUT2D eigenvalue weighted by atomic mass is 10.0. The number of carbonyl (C=O) groups excluding carboxylic acids is 2. The molecule has 0 aliphatic carbocycles. The number of nitrogens with zero attached hydrogens (tertiary/aromatic N) is 4. The third-order valence-electron chi connectivity index (χ3n) is 4.82. The molecule has 0 saturated carbocycles. The molecule has 0 spiro atoms. The third kappa shape index (κ3) is 4.86. The maximum atomic E-state index is 13.3. The van der Waals surface area contributed by atoms with Gasteiger partial charge in [-0.1, -0.05) is 32.0 Å². The van der Waals surface area contributed by atoms with Gasteiger partial charge in [0.2, 0.25) is 5.82 Å². The number of hydrogen-bond donors (Lipinski definition) is 0. The minimum Gasteiger partial charge on any atom is -0.458 e. The van der Waals surface area contributed by atoms with Crippen molar-refractivity contribution in [1.29, 1.82) is 0 Å². The predicted octanol–water partition coefficient (Wildman–Crippen LogP) is 3.60. The smallest absolute Gasteiger partial charge is 0.330 e. The van der Waals surface area contributed by atoms with Crippen molar-refractivity contribution in [3.05, 3.63) is 41.5 Å². The highest BCUT2D eigenvalue weighted by atomic mass is 32.2. The lowest BCUT2D eigenvalue weighted by Crippen LogP contribution is -2.52. The number of amides is 1. The summed E-state index contributed by atoms with van der Waals surface area (Å²) in [5.41, 5.74) is 1.44. The van der Waals surface area contributed by atoms with Gasteiger partial charge in [0.25, 0.3) is 5.91 Å². The van der Waals surface area contributed by atoms with Crippen molar-refractivity contribution in [2.45, 2.75) is 59.1 Å². The van der Waals surface area contributed by atoms with Crippen molar-refractivity contribution in [1.82, 2.24) is 19.7 Å². The van der Waals surface area contributed by atoms with E-state index in [0.717, 1.165) is 17.0 Å². The van der Waals surface area contributed by atoms with Gasteiger partial charge in [0.05, 0.1) is 5.69 Å². The second-order valence-corrected chi connectivity index (χ2v) is 9.88. The molecule has 1 unspecified atom stereocenters. The van der Waals surface area contributed by atoms with Crippen LogP contribution in [0.15, 0.2) is 24.3 Å². The van der Waals surface area contributed by atoms with Crippen molar-refractivity contribution in [3.63, 3.8) is 0 Å². The molecule has 2 heterocycles. The van der Waals surface area contributed by atoms with Crippen molar-refractivity contribution < 1.29 is 14.3 Å². The maximum Gasteiger partial charge on any atom is 0.330 e. The Kier molecular flexibility index (Phi) is 6.55. The molecule has 0 N–H and O–H groups in total. The molecule has 7 nitrogen and oxygen atoms in total. The van der Waals surface area contributed by atoms with E-state index in [2.05, 4.69) is 30.0 Å². The normalized spacial score (nSPS) is 17.3. The van der Waals surface area contributed by atoms with Crippen LogP contribution in [0.1, 0.15) is 62.5 Å². The molecule has 0 radical (unpaired) electrons. The second-order valence-electron chi connectivity index (χ2n) is 8.73. The number of thioether (sulfide) groups is 1. The summed E-state index contributed by atoms with van der Waals surface area (Å²) in [6, 6.07) is 7.35. The average Bonchev–Trinajstić information content (AvgIpc) is 3.07. The lowest BCUT2D eigenvalue weighted by molar-refractivity contribution is -0.159. The zero-order valence-corrected chi connectivity index (χ0v) is 19.3. The maximum absolute atomic E-state index is 13.3. The molecule has 1 fully saturated rings. The largest absolute Gasteiger partial charge is 0.458 e. The minimum absolute atomic E-state index is 0.103. The van der Waals surface area contributed by atoms with E-state index in [1.807, 2.05) is 45.9 Å². The van der Waals surface area contributed by atoms with Gasteiger partial charge in [-0.25, -0.2) is 14.5 Å². The number of aromatic nitrogens is 3. The number of benzene rings is 1. The van der Waals surface area contributed by atoms with Gasteiger partial charge in [0, 0.05) is 18.1 Å². The molecular formula is C22H30N4O3S. The molecule has 1 aliphatic rings. The number of hydrogen-bond acceptors (Lipinski definition) is 6. The summed E-state index contributed by atoms with van der Waals surface area (Å²) in [6.07, 6.45) is 0. The second kappa shape index (κ2) is 8.79. The van der Waals surface area contributed by atoms with Gasteiger partial charge in [0.15, 0.2) is 0 Å². The molecule has 162 valence electrons. The first-order chi connectivity index (χ1) is 14.1. The molecule has 1 aliphatic heterocycles. The van der Waals surface area contributed by atoms with Crippen LogP contribution in [-0.4, -0.2) is 61.2 Å². The fraction of sp³-hybridized carbons (Fsp3) is 0.545. The Morgan fingerprint density at radius 1 is 1.23 bits per heavy atom. The highest BCUT2D eigenvalue weighted by Crippen LogP contribution is 2.25. The summed E-state index contributed by atoms with van der Waals surface area (Å²) < 4.78 is 7.25. The van der Waals surface area contributed by atoms with Crippen LogP contribution in [0, 0.1) is 6.92 Å². The average molecular weight is 431 g/mol. The van der Waals surface area contributed by atoms with Gasteiger partial charge in [-0.15, -0.1) is 5.10 Å². The van der Waals surface area contributed by atoms with E-state index < -0.39 is 11.6 Å².